The van der Waals surface area contributed by atoms with Crippen molar-refractivity contribution in [2.24, 2.45) is 5.92 Å². The van der Waals surface area contributed by atoms with Crippen LogP contribution in [0.3, 0.4) is 0 Å². The van der Waals surface area contributed by atoms with Crippen LogP contribution in [0.15, 0.2) is 18.2 Å². The highest BCUT2D eigenvalue weighted by molar-refractivity contribution is 5.51. The smallest absolute Gasteiger partial charge is 0.146 e. The molecular formula is C17H27FN2. The van der Waals surface area contributed by atoms with Crippen molar-refractivity contribution in [2.45, 2.75) is 52.6 Å². The Hall–Kier alpha value is -1.09. The lowest BCUT2D eigenvalue weighted by atomic mass is 9.94. The number of anilines is 1. The molecule has 0 radical (unpaired) electrons. The molecule has 1 aromatic rings. The van der Waals surface area contributed by atoms with Gasteiger partial charge in [0.15, 0.2) is 0 Å². The van der Waals surface area contributed by atoms with E-state index in [1.54, 1.807) is 6.07 Å². The first-order valence-corrected chi connectivity index (χ1v) is 7.82. The molecule has 1 saturated heterocycles. The maximum Gasteiger partial charge on any atom is 0.146 e. The molecule has 0 aromatic heterocycles. The van der Waals surface area contributed by atoms with Crippen LogP contribution in [0.5, 0.6) is 0 Å². The van der Waals surface area contributed by atoms with Gasteiger partial charge in [0.1, 0.15) is 5.82 Å². The van der Waals surface area contributed by atoms with Gasteiger partial charge in [-0.1, -0.05) is 19.9 Å². The van der Waals surface area contributed by atoms with Crippen molar-refractivity contribution in [1.82, 2.24) is 5.32 Å². The number of halogens is 1. The number of nitrogens with zero attached hydrogens (tertiary/aromatic N) is 1. The van der Waals surface area contributed by atoms with Gasteiger partial charge in [0.2, 0.25) is 0 Å². The Labute approximate surface area is 122 Å². The quantitative estimate of drug-likeness (QED) is 0.891. The maximum atomic E-state index is 14.5. The average molecular weight is 278 g/mol. The average Bonchev–Trinajstić information content (AvgIpc) is 2.42. The summed E-state index contributed by atoms with van der Waals surface area (Å²) >= 11 is 0. The van der Waals surface area contributed by atoms with Gasteiger partial charge in [0.05, 0.1) is 5.69 Å². The molecule has 1 fully saturated rings. The highest BCUT2D eigenvalue weighted by Crippen LogP contribution is 2.30. The molecule has 2 rings (SSSR count). The minimum Gasteiger partial charge on any atom is -0.366 e. The summed E-state index contributed by atoms with van der Waals surface area (Å²) in [5.74, 6) is 0.555. The van der Waals surface area contributed by atoms with Gasteiger partial charge < -0.3 is 10.2 Å². The molecule has 3 atom stereocenters. The van der Waals surface area contributed by atoms with Crippen LogP contribution < -0.4 is 10.2 Å². The zero-order valence-electron chi connectivity index (χ0n) is 13.1. The summed E-state index contributed by atoms with van der Waals surface area (Å²) in [6.07, 6.45) is 2.39. The van der Waals surface area contributed by atoms with Crippen LogP contribution in [0.2, 0.25) is 0 Å². The molecule has 1 aliphatic rings. The number of nitrogens with one attached hydrogen (secondary N) is 1. The lowest BCUT2D eigenvalue weighted by Crippen LogP contribution is -2.41. The largest absolute Gasteiger partial charge is 0.366 e. The van der Waals surface area contributed by atoms with E-state index in [9.17, 15) is 4.39 Å². The third-order valence-corrected chi connectivity index (χ3v) is 4.41. The van der Waals surface area contributed by atoms with E-state index in [1.807, 2.05) is 6.07 Å². The SMILES string of the molecule is CCNC(C)c1ccc(N2CC(C)CCC2C)c(F)c1. The standard InChI is InChI=1S/C17H27FN2/c1-5-19-14(4)15-8-9-17(16(18)10-15)20-11-12(2)6-7-13(20)3/h8-10,12-14,19H,5-7,11H2,1-4H3. The van der Waals surface area contributed by atoms with Gasteiger partial charge >= 0.3 is 0 Å². The second kappa shape index (κ2) is 6.57. The van der Waals surface area contributed by atoms with E-state index >= 15 is 0 Å². The van der Waals surface area contributed by atoms with Crippen molar-refractivity contribution in [1.29, 1.82) is 0 Å². The molecule has 20 heavy (non-hydrogen) atoms. The van der Waals surface area contributed by atoms with Crippen molar-refractivity contribution in [3.63, 3.8) is 0 Å². The molecule has 112 valence electrons. The van der Waals surface area contributed by atoms with E-state index in [1.165, 1.54) is 6.42 Å². The van der Waals surface area contributed by atoms with Gasteiger partial charge in [-0.15, -0.1) is 0 Å². The summed E-state index contributed by atoms with van der Waals surface area (Å²) in [6, 6.07) is 6.32. The van der Waals surface area contributed by atoms with Gasteiger partial charge in [0, 0.05) is 18.6 Å². The number of benzene rings is 1. The first kappa shape index (κ1) is 15.3. The van der Waals surface area contributed by atoms with Crippen molar-refractivity contribution in [2.75, 3.05) is 18.0 Å². The first-order valence-electron chi connectivity index (χ1n) is 7.82. The van der Waals surface area contributed by atoms with Crippen LogP contribution in [0.4, 0.5) is 10.1 Å². The van der Waals surface area contributed by atoms with Crippen LogP contribution >= 0.6 is 0 Å². The van der Waals surface area contributed by atoms with E-state index in [4.69, 9.17) is 0 Å². The van der Waals surface area contributed by atoms with Crippen molar-refractivity contribution in [3.8, 4) is 0 Å². The Morgan fingerprint density at radius 2 is 2.10 bits per heavy atom. The van der Waals surface area contributed by atoms with Gasteiger partial charge in [-0.3, -0.25) is 0 Å². The summed E-state index contributed by atoms with van der Waals surface area (Å²) < 4.78 is 14.5. The zero-order chi connectivity index (χ0) is 14.7. The van der Waals surface area contributed by atoms with Crippen LogP contribution in [-0.2, 0) is 0 Å². The van der Waals surface area contributed by atoms with Crippen LogP contribution in [0, 0.1) is 11.7 Å². The number of hydrogen-bond donors (Lipinski definition) is 1. The van der Waals surface area contributed by atoms with E-state index in [0.29, 0.717) is 12.0 Å². The fraction of sp³-hybridized carbons (Fsp3) is 0.647. The normalized spacial score (nSPS) is 24.8. The molecule has 0 aliphatic carbocycles. The molecule has 0 saturated carbocycles. The topological polar surface area (TPSA) is 15.3 Å². The molecule has 1 heterocycles. The lowest BCUT2D eigenvalue weighted by Gasteiger charge is -2.38. The van der Waals surface area contributed by atoms with Crippen LogP contribution in [0.25, 0.3) is 0 Å². The summed E-state index contributed by atoms with van der Waals surface area (Å²) in [6.45, 7) is 10.4. The number of piperidine rings is 1. The number of rotatable bonds is 4. The van der Waals surface area contributed by atoms with Crippen LogP contribution in [0.1, 0.15) is 52.1 Å². The summed E-state index contributed by atoms with van der Waals surface area (Å²) in [5.41, 5.74) is 1.78. The predicted molar refractivity (Wildman–Crippen MR) is 83.7 cm³/mol. The predicted octanol–water partition coefficient (Wildman–Crippen LogP) is 4.12. The number of hydrogen-bond acceptors (Lipinski definition) is 2. The summed E-state index contributed by atoms with van der Waals surface area (Å²) in [5, 5.41) is 3.32. The Kier molecular flexibility index (Phi) is 5.03. The monoisotopic (exact) mass is 278 g/mol. The molecule has 0 bridgehead atoms. The highest BCUT2D eigenvalue weighted by Gasteiger charge is 2.25. The minimum atomic E-state index is -0.0896. The second-order valence-electron chi connectivity index (χ2n) is 6.17. The van der Waals surface area contributed by atoms with Crippen molar-refractivity contribution in [3.05, 3.63) is 29.6 Å². The maximum absolute atomic E-state index is 14.5. The van der Waals surface area contributed by atoms with Crippen molar-refractivity contribution < 1.29 is 4.39 Å². The summed E-state index contributed by atoms with van der Waals surface area (Å²) in [4.78, 5) is 2.23. The molecule has 3 heteroatoms. The van der Waals surface area contributed by atoms with Gasteiger partial charge in [-0.25, -0.2) is 4.39 Å². The second-order valence-corrected chi connectivity index (χ2v) is 6.17. The van der Waals surface area contributed by atoms with Gasteiger partial charge in [-0.2, -0.15) is 0 Å². The molecule has 0 spiro atoms. The molecule has 2 nitrogen and oxygen atoms in total. The third kappa shape index (κ3) is 3.32. The van der Waals surface area contributed by atoms with E-state index < -0.39 is 0 Å². The molecular weight excluding hydrogens is 251 g/mol. The Morgan fingerprint density at radius 3 is 2.75 bits per heavy atom. The van der Waals surface area contributed by atoms with Gasteiger partial charge in [-0.05, 0) is 56.8 Å². The Bertz CT molecular complexity index is 447. The molecule has 1 aromatic carbocycles. The van der Waals surface area contributed by atoms with Gasteiger partial charge in [0.25, 0.3) is 0 Å². The Balaban J connectivity index is 2.20. The Morgan fingerprint density at radius 1 is 1.35 bits per heavy atom. The van der Waals surface area contributed by atoms with E-state index in [2.05, 4.69) is 44.0 Å². The van der Waals surface area contributed by atoms with Crippen LogP contribution in [-0.4, -0.2) is 19.1 Å². The first-order chi connectivity index (χ1) is 9.52. The molecule has 3 unspecified atom stereocenters. The minimum absolute atomic E-state index is 0.0896. The highest BCUT2D eigenvalue weighted by atomic mass is 19.1. The van der Waals surface area contributed by atoms with E-state index in [-0.39, 0.29) is 11.9 Å². The molecule has 0 amide bonds. The fourth-order valence-corrected chi connectivity index (χ4v) is 3.07. The zero-order valence-corrected chi connectivity index (χ0v) is 13.1. The van der Waals surface area contributed by atoms with E-state index in [0.717, 1.165) is 30.8 Å². The molecule has 1 aliphatic heterocycles. The summed E-state index contributed by atoms with van der Waals surface area (Å²) in [7, 11) is 0. The third-order valence-electron chi connectivity index (χ3n) is 4.41. The fourth-order valence-electron chi connectivity index (χ4n) is 3.07. The molecule has 1 N–H and O–H groups in total. The lowest BCUT2D eigenvalue weighted by molar-refractivity contribution is 0.386. The van der Waals surface area contributed by atoms with Crippen molar-refractivity contribution >= 4 is 5.69 Å².